The third kappa shape index (κ3) is 4.35. The number of aromatic nitrogens is 2. The van der Waals surface area contributed by atoms with Gasteiger partial charge in [0.15, 0.2) is 0 Å². The van der Waals surface area contributed by atoms with E-state index in [4.69, 9.17) is 9.47 Å². The summed E-state index contributed by atoms with van der Waals surface area (Å²) in [7, 11) is 1.75. The van der Waals surface area contributed by atoms with Gasteiger partial charge in [0.1, 0.15) is 12.1 Å². The third-order valence-corrected chi connectivity index (χ3v) is 3.44. The molecule has 2 rings (SSSR count). The second-order valence-corrected chi connectivity index (χ2v) is 5.50. The van der Waals surface area contributed by atoms with E-state index in [0.717, 1.165) is 25.4 Å². The minimum Gasteiger partial charge on any atom is -0.475 e. The first-order valence-corrected chi connectivity index (χ1v) is 6.85. The quantitative estimate of drug-likeness (QED) is 0.782. The van der Waals surface area contributed by atoms with Crippen molar-refractivity contribution in [3.63, 3.8) is 0 Å². The van der Waals surface area contributed by atoms with Crippen molar-refractivity contribution in [2.45, 2.75) is 39.2 Å². The largest absolute Gasteiger partial charge is 0.475 e. The molecule has 0 bridgehead atoms. The molecule has 0 atom stereocenters. The van der Waals surface area contributed by atoms with Crippen LogP contribution in [0.2, 0.25) is 0 Å². The summed E-state index contributed by atoms with van der Waals surface area (Å²) in [6, 6.07) is 1.85. The molecular formula is C14H23N3O2. The molecular weight excluding hydrogens is 242 g/mol. The maximum Gasteiger partial charge on any atom is 0.218 e. The Kier molecular flexibility index (Phi) is 4.58. The van der Waals surface area contributed by atoms with Crippen LogP contribution in [0.25, 0.3) is 0 Å². The van der Waals surface area contributed by atoms with Crippen molar-refractivity contribution in [1.29, 1.82) is 0 Å². The molecule has 1 aliphatic carbocycles. The lowest BCUT2D eigenvalue weighted by Gasteiger charge is -2.16. The molecule has 1 heterocycles. The second kappa shape index (κ2) is 6.19. The molecule has 5 nitrogen and oxygen atoms in total. The van der Waals surface area contributed by atoms with Crippen molar-refractivity contribution >= 4 is 5.82 Å². The molecule has 1 fully saturated rings. The van der Waals surface area contributed by atoms with Gasteiger partial charge in [-0.15, -0.1) is 0 Å². The Bertz CT molecular complexity index is 405. The van der Waals surface area contributed by atoms with Crippen molar-refractivity contribution in [2.24, 2.45) is 5.41 Å². The summed E-state index contributed by atoms with van der Waals surface area (Å²) in [5.41, 5.74) is 0.403. The molecule has 19 heavy (non-hydrogen) atoms. The van der Waals surface area contributed by atoms with Crippen LogP contribution in [0.1, 0.15) is 33.1 Å². The summed E-state index contributed by atoms with van der Waals surface area (Å²) in [6.07, 6.45) is 5.30. The summed E-state index contributed by atoms with van der Waals surface area (Å²) < 4.78 is 10.7. The zero-order valence-corrected chi connectivity index (χ0v) is 12.0. The van der Waals surface area contributed by atoms with Gasteiger partial charge in [-0.05, 0) is 38.5 Å². The first-order chi connectivity index (χ1) is 9.13. The zero-order chi connectivity index (χ0) is 13.7. The number of nitrogens with one attached hydrogen (secondary N) is 1. The fourth-order valence-corrected chi connectivity index (χ4v) is 2.03. The average Bonchev–Trinajstić information content (AvgIpc) is 3.14. The Morgan fingerprint density at radius 3 is 2.79 bits per heavy atom. The first kappa shape index (κ1) is 14.1. The molecule has 0 spiro atoms. The van der Waals surface area contributed by atoms with Gasteiger partial charge in [-0.2, -0.15) is 0 Å². The molecule has 5 heteroatoms. The highest BCUT2D eigenvalue weighted by molar-refractivity contribution is 5.37. The van der Waals surface area contributed by atoms with E-state index in [-0.39, 0.29) is 6.10 Å². The monoisotopic (exact) mass is 265 g/mol. The minimum absolute atomic E-state index is 0.124. The van der Waals surface area contributed by atoms with E-state index in [9.17, 15) is 0 Å². The minimum atomic E-state index is 0.124. The van der Waals surface area contributed by atoms with Crippen LogP contribution >= 0.6 is 0 Å². The van der Waals surface area contributed by atoms with Crippen LogP contribution in [0.5, 0.6) is 5.88 Å². The lowest BCUT2D eigenvalue weighted by Crippen LogP contribution is -2.18. The molecule has 1 aliphatic rings. The van der Waals surface area contributed by atoms with Crippen LogP contribution in [0.15, 0.2) is 12.4 Å². The highest BCUT2D eigenvalue weighted by Crippen LogP contribution is 2.48. The highest BCUT2D eigenvalue weighted by Gasteiger charge is 2.41. The third-order valence-electron chi connectivity index (χ3n) is 3.44. The zero-order valence-electron chi connectivity index (χ0n) is 12.0. The number of hydrogen-bond donors (Lipinski definition) is 1. The number of nitrogens with zero attached hydrogens (tertiary/aromatic N) is 2. The van der Waals surface area contributed by atoms with Crippen LogP contribution in [0, 0.1) is 5.41 Å². The molecule has 106 valence electrons. The normalized spacial score (nSPS) is 16.4. The molecule has 0 aliphatic heterocycles. The Balaban J connectivity index is 1.85. The van der Waals surface area contributed by atoms with Crippen molar-refractivity contribution in [2.75, 3.05) is 25.6 Å². The van der Waals surface area contributed by atoms with Gasteiger partial charge in [-0.25, -0.2) is 9.97 Å². The van der Waals surface area contributed by atoms with E-state index >= 15 is 0 Å². The molecule has 0 saturated heterocycles. The van der Waals surface area contributed by atoms with E-state index in [2.05, 4.69) is 15.3 Å². The van der Waals surface area contributed by atoms with Gasteiger partial charge in [0.05, 0.1) is 6.10 Å². The topological polar surface area (TPSA) is 56.3 Å². The second-order valence-electron chi connectivity index (χ2n) is 5.50. The lowest BCUT2D eigenvalue weighted by molar-refractivity contribution is 0.175. The Labute approximate surface area is 114 Å². The van der Waals surface area contributed by atoms with E-state index in [1.807, 2.05) is 19.9 Å². The molecule has 1 aromatic rings. The van der Waals surface area contributed by atoms with Gasteiger partial charge >= 0.3 is 0 Å². The van der Waals surface area contributed by atoms with Crippen LogP contribution in [-0.2, 0) is 4.74 Å². The smallest absolute Gasteiger partial charge is 0.218 e. The molecule has 0 radical (unpaired) electrons. The van der Waals surface area contributed by atoms with Gasteiger partial charge < -0.3 is 14.8 Å². The van der Waals surface area contributed by atoms with E-state index < -0.39 is 0 Å². The predicted molar refractivity (Wildman–Crippen MR) is 74.4 cm³/mol. The number of hydrogen-bond acceptors (Lipinski definition) is 5. The number of methoxy groups -OCH3 is 1. The maximum absolute atomic E-state index is 5.56. The van der Waals surface area contributed by atoms with Gasteiger partial charge in [-0.1, -0.05) is 0 Å². The lowest BCUT2D eigenvalue weighted by atomic mass is 10.0. The van der Waals surface area contributed by atoms with Gasteiger partial charge in [0, 0.05) is 26.3 Å². The number of ether oxygens (including phenoxy) is 2. The SMILES string of the molecule is COCCC1(CNc2cc(OC(C)C)ncn2)CC1. The fraction of sp³-hybridized carbons (Fsp3) is 0.714. The first-order valence-electron chi connectivity index (χ1n) is 6.85. The molecule has 1 aromatic heterocycles. The number of anilines is 1. The average molecular weight is 265 g/mol. The van der Waals surface area contributed by atoms with Gasteiger partial charge in [0.25, 0.3) is 0 Å². The Morgan fingerprint density at radius 2 is 2.16 bits per heavy atom. The van der Waals surface area contributed by atoms with Crippen LogP contribution in [0.3, 0.4) is 0 Å². The summed E-state index contributed by atoms with van der Waals surface area (Å²) in [4.78, 5) is 8.32. The Hall–Kier alpha value is -1.36. The number of rotatable bonds is 8. The molecule has 0 amide bonds. The standard InChI is InChI=1S/C14H23N3O2/c1-11(2)19-13-8-12(16-10-17-13)15-9-14(4-5-14)6-7-18-3/h8,10-11H,4-7,9H2,1-3H3,(H,15,16,17). The van der Waals surface area contributed by atoms with E-state index in [1.165, 1.54) is 19.2 Å². The summed E-state index contributed by atoms with van der Waals surface area (Å²) in [5, 5.41) is 3.38. The molecule has 1 N–H and O–H groups in total. The fourth-order valence-electron chi connectivity index (χ4n) is 2.03. The van der Waals surface area contributed by atoms with Crippen LogP contribution in [-0.4, -0.2) is 36.3 Å². The predicted octanol–water partition coefficient (Wildman–Crippen LogP) is 2.49. The van der Waals surface area contributed by atoms with Gasteiger partial charge in [-0.3, -0.25) is 0 Å². The summed E-state index contributed by atoms with van der Waals surface area (Å²) in [5.74, 6) is 1.45. The van der Waals surface area contributed by atoms with Crippen LogP contribution < -0.4 is 10.1 Å². The van der Waals surface area contributed by atoms with Crippen molar-refractivity contribution < 1.29 is 9.47 Å². The van der Waals surface area contributed by atoms with Gasteiger partial charge in [0.2, 0.25) is 5.88 Å². The Morgan fingerprint density at radius 1 is 1.37 bits per heavy atom. The summed E-state index contributed by atoms with van der Waals surface area (Å²) >= 11 is 0. The highest BCUT2D eigenvalue weighted by atomic mass is 16.5. The van der Waals surface area contributed by atoms with Crippen molar-refractivity contribution in [3.8, 4) is 5.88 Å². The molecule has 1 saturated carbocycles. The van der Waals surface area contributed by atoms with Crippen molar-refractivity contribution in [3.05, 3.63) is 12.4 Å². The van der Waals surface area contributed by atoms with E-state index in [0.29, 0.717) is 11.3 Å². The van der Waals surface area contributed by atoms with E-state index in [1.54, 1.807) is 7.11 Å². The maximum atomic E-state index is 5.56. The summed E-state index contributed by atoms with van der Waals surface area (Å²) in [6.45, 7) is 5.74. The molecule has 0 aromatic carbocycles. The molecule has 0 unspecified atom stereocenters. The van der Waals surface area contributed by atoms with Crippen LogP contribution in [0.4, 0.5) is 5.82 Å². The van der Waals surface area contributed by atoms with Crippen molar-refractivity contribution in [1.82, 2.24) is 9.97 Å².